The Morgan fingerprint density at radius 2 is 2.46 bits per heavy atom. The van der Waals surface area contributed by atoms with Gasteiger partial charge in [0.1, 0.15) is 0 Å². The largest absolute Gasteiger partial charge is 0.481 e. The lowest BCUT2D eigenvalue weighted by molar-refractivity contribution is -0.149. The summed E-state index contributed by atoms with van der Waals surface area (Å²) in [5.74, 6) is -1.46. The molecule has 1 aliphatic rings. The third-order valence-corrected chi connectivity index (χ3v) is 2.44. The average Bonchev–Trinajstić information content (AvgIpc) is 2.03. The highest BCUT2D eigenvalue weighted by Crippen LogP contribution is 2.27. The number of carboxylic acids is 1. The fourth-order valence-electron chi connectivity index (χ4n) is 1.75. The Morgan fingerprint density at radius 3 is 3.00 bits per heavy atom. The van der Waals surface area contributed by atoms with Gasteiger partial charge in [-0.25, -0.2) is 4.39 Å². The molecular formula is C9H15FO3. The molecule has 1 aliphatic heterocycles. The van der Waals surface area contributed by atoms with Crippen LogP contribution in [0, 0.1) is 11.8 Å². The van der Waals surface area contributed by atoms with Gasteiger partial charge in [-0.15, -0.1) is 0 Å². The lowest BCUT2D eigenvalue weighted by Crippen LogP contribution is -2.34. The van der Waals surface area contributed by atoms with Gasteiger partial charge in [0, 0.05) is 6.61 Å². The van der Waals surface area contributed by atoms with Crippen molar-refractivity contribution in [2.45, 2.75) is 25.9 Å². The summed E-state index contributed by atoms with van der Waals surface area (Å²) in [4.78, 5) is 10.7. The monoisotopic (exact) mass is 190 g/mol. The number of rotatable bonds is 3. The lowest BCUT2D eigenvalue weighted by atomic mass is 9.85. The molecule has 0 aliphatic carbocycles. The number of ether oxygens (including phenoxy) is 1. The lowest BCUT2D eigenvalue weighted by Gasteiger charge is -2.28. The van der Waals surface area contributed by atoms with E-state index >= 15 is 0 Å². The van der Waals surface area contributed by atoms with Gasteiger partial charge < -0.3 is 9.84 Å². The highest BCUT2D eigenvalue weighted by Gasteiger charge is 2.32. The molecular weight excluding hydrogens is 175 g/mol. The molecule has 3 atom stereocenters. The number of hydrogen-bond acceptors (Lipinski definition) is 2. The van der Waals surface area contributed by atoms with E-state index in [-0.39, 0.29) is 12.5 Å². The number of hydrogen-bond donors (Lipinski definition) is 1. The maximum Gasteiger partial charge on any atom is 0.309 e. The SMILES string of the molecule is CC(F)CC1CCOCC1C(=O)O. The fraction of sp³-hybridized carbons (Fsp3) is 0.889. The second-order valence-electron chi connectivity index (χ2n) is 3.58. The van der Waals surface area contributed by atoms with Crippen molar-refractivity contribution in [2.24, 2.45) is 11.8 Å². The molecule has 3 unspecified atom stereocenters. The highest BCUT2D eigenvalue weighted by molar-refractivity contribution is 5.70. The summed E-state index contributed by atoms with van der Waals surface area (Å²) in [7, 11) is 0. The summed E-state index contributed by atoms with van der Waals surface area (Å²) in [6.45, 7) is 2.25. The molecule has 1 heterocycles. The number of alkyl halides is 1. The van der Waals surface area contributed by atoms with Crippen LogP contribution in [-0.4, -0.2) is 30.5 Å². The molecule has 0 aromatic heterocycles. The van der Waals surface area contributed by atoms with Gasteiger partial charge in [-0.1, -0.05) is 0 Å². The molecule has 0 amide bonds. The van der Waals surface area contributed by atoms with Gasteiger partial charge in [0.15, 0.2) is 0 Å². The number of carboxylic acid groups (broad SMARTS) is 1. The molecule has 1 saturated heterocycles. The van der Waals surface area contributed by atoms with E-state index in [2.05, 4.69) is 0 Å². The molecule has 0 aromatic rings. The Hall–Kier alpha value is -0.640. The molecule has 0 radical (unpaired) electrons. The molecule has 3 nitrogen and oxygen atoms in total. The van der Waals surface area contributed by atoms with Crippen LogP contribution in [0.4, 0.5) is 4.39 Å². The number of halogens is 1. The Labute approximate surface area is 76.9 Å². The van der Waals surface area contributed by atoms with E-state index in [0.717, 1.165) is 0 Å². The summed E-state index contributed by atoms with van der Waals surface area (Å²) in [6, 6.07) is 0. The van der Waals surface area contributed by atoms with Crippen molar-refractivity contribution in [3.8, 4) is 0 Å². The Morgan fingerprint density at radius 1 is 1.77 bits per heavy atom. The molecule has 13 heavy (non-hydrogen) atoms. The summed E-state index contributed by atoms with van der Waals surface area (Å²) in [5.41, 5.74) is 0. The Balaban J connectivity index is 2.51. The molecule has 1 fully saturated rings. The van der Waals surface area contributed by atoms with Crippen LogP contribution >= 0.6 is 0 Å². The second-order valence-corrected chi connectivity index (χ2v) is 3.58. The molecule has 4 heteroatoms. The zero-order chi connectivity index (χ0) is 9.84. The normalized spacial score (nSPS) is 31.2. The second kappa shape index (κ2) is 4.56. The summed E-state index contributed by atoms with van der Waals surface area (Å²) < 4.78 is 17.7. The first-order chi connectivity index (χ1) is 6.11. The van der Waals surface area contributed by atoms with Crippen LogP contribution in [0.1, 0.15) is 19.8 Å². The Bertz CT molecular complexity index is 182. The van der Waals surface area contributed by atoms with Crippen LogP contribution in [0.5, 0.6) is 0 Å². The molecule has 0 aromatic carbocycles. The van der Waals surface area contributed by atoms with E-state index in [1.165, 1.54) is 6.92 Å². The minimum atomic E-state index is -0.926. The van der Waals surface area contributed by atoms with Crippen LogP contribution in [0.3, 0.4) is 0 Å². The van der Waals surface area contributed by atoms with Crippen molar-refractivity contribution < 1.29 is 19.0 Å². The van der Waals surface area contributed by atoms with Crippen LogP contribution in [-0.2, 0) is 9.53 Å². The summed E-state index contributed by atoms with van der Waals surface area (Å²) >= 11 is 0. The van der Waals surface area contributed by atoms with Crippen LogP contribution < -0.4 is 0 Å². The Kier molecular flexibility index (Phi) is 3.66. The summed E-state index contributed by atoms with van der Waals surface area (Å²) in [5, 5.41) is 8.82. The van der Waals surface area contributed by atoms with E-state index in [0.29, 0.717) is 19.4 Å². The van der Waals surface area contributed by atoms with Crippen LogP contribution in [0.15, 0.2) is 0 Å². The molecule has 0 bridgehead atoms. The van der Waals surface area contributed by atoms with Gasteiger partial charge in [-0.3, -0.25) is 4.79 Å². The number of aliphatic carboxylic acids is 1. The smallest absolute Gasteiger partial charge is 0.309 e. The summed E-state index contributed by atoms with van der Waals surface area (Å²) in [6.07, 6.45) is 0.0656. The third-order valence-electron chi connectivity index (χ3n) is 2.44. The molecule has 0 spiro atoms. The molecule has 0 saturated carbocycles. The average molecular weight is 190 g/mol. The van der Waals surface area contributed by atoms with Gasteiger partial charge in [-0.05, 0) is 25.7 Å². The topological polar surface area (TPSA) is 46.5 Å². The first-order valence-electron chi connectivity index (χ1n) is 4.56. The van der Waals surface area contributed by atoms with Gasteiger partial charge >= 0.3 is 5.97 Å². The van der Waals surface area contributed by atoms with E-state index in [4.69, 9.17) is 9.84 Å². The van der Waals surface area contributed by atoms with Crippen LogP contribution in [0.2, 0.25) is 0 Å². The van der Waals surface area contributed by atoms with Crippen molar-refractivity contribution in [1.29, 1.82) is 0 Å². The van der Waals surface area contributed by atoms with Gasteiger partial charge in [0.05, 0.1) is 18.7 Å². The minimum absolute atomic E-state index is 0.0637. The molecule has 1 rings (SSSR count). The van der Waals surface area contributed by atoms with E-state index in [1.807, 2.05) is 0 Å². The van der Waals surface area contributed by atoms with Gasteiger partial charge in [0.25, 0.3) is 0 Å². The third kappa shape index (κ3) is 2.95. The maximum absolute atomic E-state index is 12.7. The van der Waals surface area contributed by atoms with Crippen molar-refractivity contribution in [1.82, 2.24) is 0 Å². The van der Waals surface area contributed by atoms with E-state index in [9.17, 15) is 9.18 Å². The molecule has 1 N–H and O–H groups in total. The van der Waals surface area contributed by atoms with Gasteiger partial charge in [0.2, 0.25) is 0 Å². The standard InChI is InChI=1S/C9H15FO3/c1-6(10)4-7-2-3-13-5-8(7)9(11)12/h6-8H,2-5H2,1H3,(H,11,12). The first kappa shape index (κ1) is 10.4. The van der Waals surface area contributed by atoms with Crippen molar-refractivity contribution >= 4 is 5.97 Å². The molecule has 76 valence electrons. The first-order valence-corrected chi connectivity index (χ1v) is 4.56. The minimum Gasteiger partial charge on any atom is -0.481 e. The fourth-order valence-corrected chi connectivity index (χ4v) is 1.75. The van der Waals surface area contributed by atoms with Crippen LogP contribution in [0.25, 0.3) is 0 Å². The zero-order valence-corrected chi connectivity index (χ0v) is 7.70. The van der Waals surface area contributed by atoms with Gasteiger partial charge in [-0.2, -0.15) is 0 Å². The number of carbonyl (C=O) groups is 1. The predicted octanol–water partition coefficient (Wildman–Crippen LogP) is 1.47. The zero-order valence-electron chi connectivity index (χ0n) is 7.70. The van der Waals surface area contributed by atoms with Crippen molar-refractivity contribution in [3.05, 3.63) is 0 Å². The van der Waals surface area contributed by atoms with E-state index in [1.54, 1.807) is 0 Å². The van der Waals surface area contributed by atoms with E-state index < -0.39 is 18.1 Å². The predicted molar refractivity (Wildman–Crippen MR) is 45.2 cm³/mol. The van der Waals surface area contributed by atoms with Crippen molar-refractivity contribution in [3.63, 3.8) is 0 Å². The maximum atomic E-state index is 12.7. The highest BCUT2D eigenvalue weighted by atomic mass is 19.1. The quantitative estimate of drug-likeness (QED) is 0.733. The van der Waals surface area contributed by atoms with Crippen molar-refractivity contribution in [2.75, 3.05) is 13.2 Å².